The Morgan fingerprint density at radius 1 is 0.879 bits per heavy atom. The van der Waals surface area contributed by atoms with Gasteiger partial charge in [0.25, 0.3) is 10.0 Å². The van der Waals surface area contributed by atoms with Crippen LogP contribution in [0.2, 0.25) is 0 Å². The van der Waals surface area contributed by atoms with Gasteiger partial charge in [-0.05, 0) is 55.5 Å². The van der Waals surface area contributed by atoms with E-state index in [2.05, 4.69) is 14.7 Å². The number of sulfonamides is 1. The van der Waals surface area contributed by atoms with Gasteiger partial charge in [-0.1, -0.05) is 0 Å². The van der Waals surface area contributed by atoms with Crippen molar-refractivity contribution in [3.8, 4) is 28.9 Å². The molecular formula is C23H22N4O5S. The molecule has 0 amide bonds. The van der Waals surface area contributed by atoms with Crippen molar-refractivity contribution < 1.29 is 22.6 Å². The van der Waals surface area contributed by atoms with Gasteiger partial charge in [0.05, 0.1) is 14.2 Å². The minimum absolute atomic E-state index is 0.000119. The largest absolute Gasteiger partial charge is 0.497 e. The van der Waals surface area contributed by atoms with Crippen LogP contribution in [0.5, 0.6) is 23.1 Å². The Bertz CT molecular complexity index is 1350. The van der Waals surface area contributed by atoms with E-state index >= 15 is 0 Å². The molecule has 33 heavy (non-hydrogen) atoms. The number of hydrogen-bond donors (Lipinski definition) is 1. The summed E-state index contributed by atoms with van der Waals surface area (Å²) in [5.41, 5.74) is 0.368. The van der Waals surface area contributed by atoms with Crippen LogP contribution in [0, 0.1) is 6.92 Å². The SMILES string of the molecule is COc1ccc(S(=O)(=O)Nc2ccc(Oc3cc(-n4cccc4)nc(C)n3)cc2)c(OC)c1. The average Bonchev–Trinajstić information content (AvgIpc) is 3.34. The highest BCUT2D eigenvalue weighted by molar-refractivity contribution is 7.92. The zero-order chi connectivity index (χ0) is 23.4. The van der Waals surface area contributed by atoms with Crippen molar-refractivity contribution >= 4 is 15.7 Å². The van der Waals surface area contributed by atoms with Crippen molar-refractivity contribution in [2.45, 2.75) is 11.8 Å². The first-order valence-corrected chi connectivity index (χ1v) is 11.4. The van der Waals surface area contributed by atoms with E-state index in [1.165, 1.54) is 26.4 Å². The molecule has 9 nitrogen and oxygen atoms in total. The predicted molar refractivity (Wildman–Crippen MR) is 123 cm³/mol. The maximum absolute atomic E-state index is 12.9. The summed E-state index contributed by atoms with van der Waals surface area (Å²) in [6.07, 6.45) is 3.76. The van der Waals surface area contributed by atoms with Gasteiger partial charge in [-0.3, -0.25) is 4.72 Å². The summed E-state index contributed by atoms with van der Waals surface area (Å²) in [5.74, 6) is 2.79. The van der Waals surface area contributed by atoms with E-state index in [9.17, 15) is 8.42 Å². The maximum atomic E-state index is 12.9. The van der Waals surface area contributed by atoms with Gasteiger partial charge >= 0.3 is 0 Å². The van der Waals surface area contributed by atoms with Crippen LogP contribution in [0.3, 0.4) is 0 Å². The maximum Gasteiger partial charge on any atom is 0.265 e. The Kier molecular flexibility index (Phi) is 6.18. The summed E-state index contributed by atoms with van der Waals surface area (Å²) in [5, 5.41) is 0. The smallest absolute Gasteiger partial charge is 0.265 e. The second-order valence-electron chi connectivity index (χ2n) is 6.95. The van der Waals surface area contributed by atoms with Gasteiger partial charge in [0.2, 0.25) is 5.88 Å². The Hall–Kier alpha value is -4.05. The lowest BCUT2D eigenvalue weighted by Gasteiger charge is -2.13. The number of rotatable bonds is 8. The lowest BCUT2D eigenvalue weighted by Crippen LogP contribution is -2.14. The second kappa shape index (κ2) is 9.21. The zero-order valence-electron chi connectivity index (χ0n) is 18.2. The summed E-state index contributed by atoms with van der Waals surface area (Å²) in [4.78, 5) is 8.71. The third-order valence-electron chi connectivity index (χ3n) is 4.66. The molecule has 0 aliphatic carbocycles. The molecule has 2 aromatic heterocycles. The quantitative estimate of drug-likeness (QED) is 0.415. The van der Waals surface area contributed by atoms with Crippen LogP contribution in [0.25, 0.3) is 5.82 Å². The van der Waals surface area contributed by atoms with E-state index in [4.69, 9.17) is 14.2 Å². The minimum atomic E-state index is -3.88. The Labute approximate surface area is 191 Å². The number of aryl methyl sites for hydroxylation is 1. The number of nitrogens with zero attached hydrogens (tertiary/aromatic N) is 3. The van der Waals surface area contributed by atoms with Crippen LogP contribution < -0.4 is 18.9 Å². The van der Waals surface area contributed by atoms with Gasteiger partial charge in [-0.2, -0.15) is 4.98 Å². The number of hydrogen-bond acceptors (Lipinski definition) is 7. The molecule has 170 valence electrons. The Morgan fingerprint density at radius 2 is 1.58 bits per heavy atom. The van der Waals surface area contributed by atoms with E-state index in [1.54, 1.807) is 43.3 Å². The first kappa shape index (κ1) is 22.2. The van der Waals surface area contributed by atoms with Crippen molar-refractivity contribution in [3.05, 3.63) is 78.9 Å². The molecule has 0 fully saturated rings. The van der Waals surface area contributed by atoms with Crippen molar-refractivity contribution in [1.29, 1.82) is 0 Å². The first-order valence-electron chi connectivity index (χ1n) is 9.90. The van der Waals surface area contributed by atoms with Gasteiger partial charge in [0.15, 0.2) is 0 Å². The second-order valence-corrected chi connectivity index (χ2v) is 8.60. The Morgan fingerprint density at radius 3 is 2.24 bits per heavy atom. The molecule has 1 N–H and O–H groups in total. The standard InChI is InChI=1S/C23H22N4O5S/c1-16-24-22(27-12-4-5-13-27)15-23(25-16)32-18-8-6-17(7-9-18)26-33(28,29)21-11-10-19(30-2)14-20(21)31-3/h4-15,26H,1-3H3. The number of aromatic nitrogens is 3. The summed E-state index contributed by atoms with van der Waals surface area (Å²) < 4.78 is 46.3. The normalized spacial score (nSPS) is 11.1. The fourth-order valence-electron chi connectivity index (χ4n) is 3.12. The third-order valence-corrected chi connectivity index (χ3v) is 6.08. The van der Waals surface area contributed by atoms with Crippen LogP contribution in [0.4, 0.5) is 5.69 Å². The molecule has 0 bridgehead atoms. The van der Waals surface area contributed by atoms with Crippen molar-refractivity contribution in [2.24, 2.45) is 0 Å². The topological polar surface area (TPSA) is 105 Å². The molecule has 0 aliphatic rings. The molecule has 2 aromatic carbocycles. The Balaban J connectivity index is 1.51. The number of nitrogens with one attached hydrogen (secondary N) is 1. The summed E-state index contributed by atoms with van der Waals surface area (Å²) >= 11 is 0. The van der Waals surface area contributed by atoms with Crippen molar-refractivity contribution in [3.63, 3.8) is 0 Å². The first-order chi connectivity index (χ1) is 15.9. The molecule has 0 saturated heterocycles. The molecule has 0 radical (unpaired) electrons. The van der Waals surface area contributed by atoms with Crippen LogP contribution in [-0.2, 0) is 10.0 Å². The van der Waals surface area contributed by atoms with Crippen LogP contribution in [-0.4, -0.2) is 37.2 Å². The monoisotopic (exact) mass is 466 g/mol. The molecule has 4 aromatic rings. The highest BCUT2D eigenvalue weighted by Gasteiger charge is 2.20. The number of methoxy groups -OCH3 is 2. The fraction of sp³-hybridized carbons (Fsp3) is 0.130. The molecule has 2 heterocycles. The summed E-state index contributed by atoms with van der Waals surface area (Å²) in [7, 11) is -0.990. The molecule has 0 atom stereocenters. The van der Waals surface area contributed by atoms with E-state index in [0.29, 0.717) is 34.7 Å². The molecule has 0 aliphatic heterocycles. The van der Waals surface area contributed by atoms with E-state index in [-0.39, 0.29) is 10.6 Å². The van der Waals surface area contributed by atoms with Crippen LogP contribution >= 0.6 is 0 Å². The number of anilines is 1. The van der Waals surface area contributed by atoms with Crippen LogP contribution in [0.15, 0.2) is 78.0 Å². The van der Waals surface area contributed by atoms with Gasteiger partial charge in [-0.15, -0.1) is 0 Å². The molecule has 0 saturated carbocycles. The van der Waals surface area contributed by atoms with Gasteiger partial charge in [0.1, 0.15) is 33.8 Å². The summed E-state index contributed by atoms with van der Waals surface area (Å²) in [6, 6.07) is 16.5. The van der Waals surface area contributed by atoms with E-state index < -0.39 is 10.0 Å². The van der Waals surface area contributed by atoms with Gasteiger partial charge in [0, 0.05) is 30.2 Å². The number of benzene rings is 2. The molecule has 4 rings (SSSR count). The highest BCUT2D eigenvalue weighted by Crippen LogP contribution is 2.30. The minimum Gasteiger partial charge on any atom is -0.497 e. The fourth-order valence-corrected chi connectivity index (χ4v) is 4.33. The molecule has 0 unspecified atom stereocenters. The molecule has 0 spiro atoms. The summed E-state index contributed by atoms with van der Waals surface area (Å²) in [6.45, 7) is 1.78. The van der Waals surface area contributed by atoms with Crippen molar-refractivity contribution in [1.82, 2.24) is 14.5 Å². The van der Waals surface area contributed by atoms with E-state index in [0.717, 1.165) is 0 Å². The van der Waals surface area contributed by atoms with Gasteiger partial charge < -0.3 is 18.8 Å². The third kappa shape index (κ3) is 5.07. The average molecular weight is 467 g/mol. The number of ether oxygens (including phenoxy) is 3. The van der Waals surface area contributed by atoms with Crippen molar-refractivity contribution in [2.75, 3.05) is 18.9 Å². The van der Waals surface area contributed by atoms with Gasteiger partial charge in [-0.25, -0.2) is 13.4 Å². The van der Waals surface area contributed by atoms with Crippen LogP contribution in [0.1, 0.15) is 5.82 Å². The zero-order valence-corrected chi connectivity index (χ0v) is 19.0. The van der Waals surface area contributed by atoms with E-state index in [1.807, 2.05) is 29.1 Å². The molecule has 10 heteroatoms. The lowest BCUT2D eigenvalue weighted by molar-refractivity contribution is 0.386. The predicted octanol–water partition coefficient (Wildman–Crippen LogP) is 4.19. The lowest BCUT2D eigenvalue weighted by atomic mass is 10.3. The molecular weight excluding hydrogens is 444 g/mol. The highest BCUT2D eigenvalue weighted by atomic mass is 32.2.